The van der Waals surface area contributed by atoms with Gasteiger partial charge in [0.2, 0.25) is 0 Å². The maximum absolute atomic E-state index is 11.9. The summed E-state index contributed by atoms with van der Waals surface area (Å²) in [5, 5.41) is 11.7. The van der Waals surface area contributed by atoms with Gasteiger partial charge in [0.1, 0.15) is 17.7 Å². The maximum Gasteiger partial charge on any atom is 0.423 e. The standard InChI is InChI=1S/C29H31ClN4O3/c1-19-16-23(20-8-9-25(24(30)18-20)34-14-15-37-28(34)36)27(35)26(31-19)21-6-5-7-22(17-21)32-10-12-33(13-11-32)29(2,3)4/h5-9,14-18,35H,10-13H2,1-4H3. The van der Waals surface area contributed by atoms with Crippen molar-refractivity contribution in [3.63, 3.8) is 0 Å². The topological polar surface area (TPSA) is 74.7 Å². The number of hydrogen-bond acceptors (Lipinski definition) is 6. The van der Waals surface area contributed by atoms with Crippen molar-refractivity contribution in [3.05, 3.63) is 82.3 Å². The summed E-state index contributed by atoms with van der Waals surface area (Å²) in [5.41, 5.74) is 5.29. The molecule has 37 heavy (non-hydrogen) atoms. The Morgan fingerprint density at radius 3 is 2.41 bits per heavy atom. The first-order chi connectivity index (χ1) is 17.6. The van der Waals surface area contributed by atoms with Crippen molar-refractivity contribution in [1.29, 1.82) is 0 Å². The fourth-order valence-electron chi connectivity index (χ4n) is 4.89. The number of nitrogens with zero attached hydrogens (tertiary/aromatic N) is 4. The molecular weight excluding hydrogens is 488 g/mol. The quantitative estimate of drug-likeness (QED) is 0.371. The number of aromatic nitrogens is 2. The zero-order valence-corrected chi connectivity index (χ0v) is 22.3. The summed E-state index contributed by atoms with van der Waals surface area (Å²) in [6, 6.07) is 15.3. The molecule has 0 atom stereocenters. The van der Waals surface area contributed by atoms with Gasteiger partial charge in [-0.1, -0.05) is 29.8 Å². The monoisotopic (exact) mass is 518 g/mol. The van der Waals surface area contributed by atoms with Crippen molar-refractivity contribution in [2.45, 2.75) is 33.2 Å². The fraction of sp³-hybridized carbons (Fsp3) is 0.310. The van der Waals surface area contributed by atoms with Crippen LogP contribution in [-0.4, -0.2) is 51.3 Å². The Balaban J connectivity index is 1.47. The van der Waals surface area contributed by atoms with E-state index in [0.717, 1.165) is 48.7 Å². The molecule has 2 aromatic carbocycles. The van der Waals surface area contributed by atoms with Gasteiger partial charge in [-0.25, -0.2) is 14.3 Å². The Morgan fingerprint density at radius 2 is 1.76 bits per heavy atom. The van der Waals surface area contributed by atoms with E-state index in [9.17, 15) is 9.90 Å². The average Bonchev–Trinajstić information content (AvgIpc) is 3.30. The van der Waals surface area contributed by atoms with Gasteiger partial charge in [0, 0.05) is 54.2 Å². The van der Waals surface area contributed by atoms with Crippen LogP contribution < -0.4 is 10.7 Å². The molecule has 1 N–H and O–H groups in total. The molecular formula is C29H31ClN4O3. The lowest BCUT2D eigenvalue weighted by molar-refractivity contribution is 0.128. The predicted octanol–water partition coefficient (Wildman–Crippen LogP) is 5.75. The zero-order valence-electron chi connectivity index (χ0n) is 21.5. The molecule has 8 heteroatoms. The van der Waals surface area contributed by atoms with Gasteiger partial charge in [-0.05, 0) is 63.6 Å². The van der Waals surface area contributed by atoms with Gasteiger partial charge in [-0.2, -0.15) is 0 Å². The Morgan fingerprint density at radius 1 is 1.00 bits per heavy atom. The van der Waals surface area contributed by atoms with E-state index in [4.69, 9.17) is 16.0 Å². The van der Waals surface area contributed by atoms with Crippen molar-refractivity contribution in [1.82, 2.24) is 14.5 Å². The van der Waals surface area contributed by atoms with Crippen LogP contribution in [0.1, 0.15) is 26.5 Å². The lowest BCUT2D eigenvalue weighted by Gasteiger charge is -2.43. The highest BCUT2D eigenvalue weighted by Gasteiger charge is 2.26. The number of benzene rings is 2. The molecule has 3 heterocycles. The van der Waals surface area contributed by atoms with E-state index in [0.29, 0.717) is 22.0 Å². The van der Waals surface area contributed by atoms with Crippen LogP contribution in [0.25, 0.3) is 28.1 Å². The highest BCUT2D eigenvalue weighted by atomic mass is 35.5. The van der Waals surface area contributed by atoms with Crippen molar-refractivity contribution in [2.24, 2.45) is 0 Å². The molecule has 7 nitrogen and oxygen atoms in total. The normalized spacial score (nSPS) is 14.8. The molecule has 0 spiro atoms. The smallest absolute Gasteiger partial charge is 0.423 e. The van der Waals surface area contributed by atoms with E-state index < -0.39 is 5.76 Å². The molecule has 5 rings (SSSR count). The van der Waals surface area contributed by atoms with Crippen LogP contribution in [-0.2, 0) is 0 Å². The first kappa shape index (κ1) is 25.1. The fourth-order valence-corrected chi connectivity index (χ4v) is 5.16. The van der Waals surface area contributed by atoms with E-state index in [1.807, 2.05) is 31.2 Å². The number of pyridine rings is 1. The molecule has 1 fully saturated rings. The van der Waals surface area contributed by atoms with Crippen LogP contribution in [0.5, 0.6) is 5.75 Å². The molecule has 0 bridgehead atoms. The van der Waals surface area contributed by atoms with Gasteiger partial charge in [0.05, 0.1) is 16.9 Å². The average molecular weight is 519 g/mol. The lowest BCUT2D eigenvalue weighted by Crippen LogP contribution is -2.53. The molecule has 2 aromatic heterocycles. The number of hydrogen-bond donors (Lipinski definition) is 1. The zero-order chi connectivity index (χ0) is 26.3. The van der Waals surface area contributed by atoms with Gasteiger partial charge in [0.15, 0.2) is 0 Å². The summed E-state index contributed by atoms with van der Waals surface area (Å²) in [4.78, 5) is 21.5. The second-order valence-electron chi connectivity index (χ2n) is 10.4. The van der Waals surface area contributed by atoms with Crippen molar-refractivity contribution in [2.75, 3.05) is 31.1 Å². The van der Waals surface area contributed by atoms with Crippen LogP contribution in [0, 0.1) is 6.92 Å². The largest absolute Gasteiger partial charge is 0.505 e. The van der Waals surface area contributed by atoms with E-state index in [2.05, 4.69) is 47.7 Å². The summed E-state index contributed by atoms with van der Waals surface area (Å²) >= 11 is 6.53. The number of aromatic hydroxyl groups is 1. The molecule has 0 saturated carbocycles. The third-order valence-electron chi connectivity index (χ3n) is 6.93. The summed E-state index contributed by atoms with van der Waals surface area (Å²) in [7, 11) is 0. The Hall–Kier alpha value is -3.55. The highest BCUT2D eigenvalue weighted by molar-refractivity contribution is 6.32. The maximum atomic E-state index is 11.9. The van der Waals surface area contributed by atoms with E-state index in [-0.39, 0.29) is 11.3 Å². The van der Waals surface area contributed by atoms with Crippen LogP contribution >= 0.6 is 11.6 Å². The number of oxazole rings is 1. The molecule has 0 aliphatic carbocycles. The van der Waals surface area contributed by atoms with Crippen LogP contribution in [0.15, 0.2) is 70.2 Å². The molecule has 1 aliphatic heterocycles. The minimum Gasteiger partial charge on any atom is -0.505 e. The molecule has 4 aromatic rings. The van der Waals surface area contributed by atoms with Crippen LogP contribution in [0.3, 0.4) is 0 Å². The van der Waals surface area contributed by atoms with Gasteiger partial charge in [-0.3, -0.25) is 4.90 Å². The molecule has 0 unspecified atom stereocenters. The second kappa shape index (κ2) is 9.72. The molecule has 1 aliphatic rings. The molecule has 1 saturated heterocycles. The molecule has 192 valence electrons. The number of anilines is 1. The number of piperazine rings is 1. The third kappa shape index (κ3) is 5.02. The molecule has 0 amide bonds. The van der Waals surface area contributed by atoms with E-state index in [1.54, 1.807) is 12.1 Å². The Bertz CT molecular complexity index is 1490. The van der Waals surface area contributed by atoms with Gasteiger partial charge in [-0.15, -0.1) is 0 Å². The first-order valence-electron chi connectivity index (χ1n) is 12.4. The Labute approximate surface area is 221 Å². The highest BCUT2D eigenvalue weighted by Crippen LogP contribution is 2.39. The van der Waals surface area contributed by atoms with Crippen LogP contribution in [0.2, 0.25) is 5.02 Å². The molecule has 0 radical (unpaired) electrons. The SMILES string of the molecule is Cc1cc(-c2ccc(-n3ccoc3=O)c(Cl)c2)c(O)c(-c2cccc(N3CCN(C(C)(C)C)CC3)c2)n1. The van der Waals surface area contributed by atoms with Crippen molar-refractivity contribution in [3.8, 4) is 33.8 Å². The number of rotatable bonds is 4. The summed E-state index contributed by atoms with van der Waals surface area (Å²) < 4.78 is 6.19. The van der Waals surface area contributed by atoms with Gasteiger partial charge in [0.25, 0.3) is 0 Å². The summed E-state index contributed by atoms with van der Waals surface area (Å²) in [6.07, 6.45) is 2.83. The first-order valence-corrected chi connectivity index (χ1v) is 12.8. The number of halogens is 1. The van der Waals surface area contributed by atoms with Crippen molar-refractivity contribution >= 4 is 17.3 Å². The summed E-state index contributed by atoms with van der Waals surface area (Å²) in [5.74, 6) is -0.427. The minimum atomic E-state index is -0.515. The second-order valence-corrected chi connectivity index (χ2v) is 10.8. The van der Waals surface area contributed by atoms with E-state index in [1.165, 1.54) is 17.0 Å². The predicted molar refractivity (Wildman–Crippen MR) is 148 cm³/mol. The van der Waals surface area contributed by atoms with Gasteiger partial charge >= 0.3 is 5.76 Å². The summed E-state index contributed by atoms with van der Waals surface area (Å²) in [6.45, 7) is 12.6. The van der Waals surface area contributed by atoms with Crippen molar-refractivity contribution < 1.29 is 9.52 Å². The lowest BCUT2D eigenvalue weighted by atomic mass is 9.99. The minimum absolute atomic E-state index is 0.0876. The number of aryl methyl sites for hydroxylation is 1. The van der Waals surface area contributed by atoms with E-state index >= 15 is 0 Å². The Kier molecular flexibility index (Phi) is 6.60. The van der Waals surface area contributed by atoms with Gasteiger partial charge < -0.3 is 14.4 Å². The van der Waals surface area contributed by atoms with Crippen LogP contribution in [0.4, 0.5) is 5.69 Å². The third-order valence-corrected chi connectivity index (χ3v) is 7.23.